The molecule has 1 aromatic rings. The standard InChI is InChI=1S/C15H21FN2O/c16-13-5-3-12(4-6-13)8-17-9-15-10-18-7-1-2-14(18)11-19-15/h3-6,14-15,17H,1-2,7-11H2. The number of hydrogen-bond acceptors (Lipinski definition) is 3. The Morgan fingerprint density at radius 1 is 1.32 bits per heavy atom. The first-order chi connectivity index (χ1) is 9.31. The fourth-order valence-electron chi connectivity index (χ4n) is 2.99. The molecule has 104 valence electrons. The van der Waals surface area contributed by atoms with E-state index >= 15 is 0 Å². The number of halogens is 1. The van der Waals surface area contributed by atoms with Crippen LogP contribution in [0, 0.1) is 5.82 Å². The molecule has 2 saturated heterocycles. The van der Waals surface area contributed by atoms with Crippen molar-refractivity contribution >= 4 is 0 Å². The molecule has 2 unspecified atom stereocenters. The number of rotatable bonds is 4. The van der Waals surface area contributed by atoms with E-state index in [1.54, 1.807) is 0 Å². The number of ether oxygens (including phenoxy) is 1. The zero-order valence-corrected chi connectivity index (χ0v) is 11.1. The smallest absolute Gasteiger partial charge is 0.123 e. The number of morpholine rings is 1. The van der Waals surface area contributed by atoms with Crippen molar-refractivity contribution in [1.82, 2.24) is 10.2 Å². The largest absolute Gasteiger partial charge is 0.374 e. The third-order valence-electron chi connectivity index (χ3n) is 4.08. The Hall–Kier alpha value is -0.970. The maximum atomic E-state index is 12.8. The van der Waals surface area contributed by atoms with Crippen molar-refractivity contribution in [1.29, 1.82) is 0 Å². The molecular weight excluding hydrogens is 243 g/mol. The highest BCUT2D eigenvalue weighted by molar-refractivity contribution is 5.15. The summed E-state index contributed by atoms with van der Waals surface area (Å²) in [6.07, 6.45) is 2.88. The molecule has 0 amide bonds. The Morgan fingerprint density at radius 2 is 2.16 bits per heavy atom. The first-order valence-corrected chi connectivity index (χ1v) is 7.12. The van der Waals surface area contributed by atoms with Crippen LogP contribution in [0.2, 0.25) is 0 Å². The quantitative estimate of drug-likeness (QED) is 0.897. The Bertz CT molecular complexity index is 409. The fraction of sp³-hybridized carbons (Fsp3) is 0.600. The van der Waals surface area contributed by atoms with Crippen molar-refractivity contribution in [2.45, 2.75) is 31.5 Å². The minimum absolute atomic E-state index is 0.181. The molecule has 0 aromatic heterocycles. The normalized spacial score (nSPS) is 27.4. The summed E-state index contributed by atoms with van der Waals surface area (Å²) in [5.74, 6) is -0.181. The van der Waals surface area contributed by atoms with Crippen LogP contribution in [0.3, 0.4) is 0 Å². The van der Waals surface area contributed by atoms with Gasteiger partial charge in [-0.1, -0.05) is 12.1 Å². The molecular formula is C15H21FN2O. The zero-order chi connectivity index (χ0) is 13.1. The maximum Gasteiger partial charge on any atom is 0.123 e. The van der Waals surface area contributed by atoms with E-state index in [-0.39, 0.29) is 11.9 Å². The van der Waals surface area contributed by atoms with Crippen LogP contribution in [-0.4, -0.2) is 43.3 Å². The van der Waals surface area contributed by atoms with Crippen LogP contribution >= 0.6 is 0 Å². The second-order valence-corrected chi connectivity index (χ2v) is 5.50. The van der Waals surface area contributed by atoms with Crippen LogP contribution in [0.5, 0.6) is 0 Å². The van der Waals surface area contributed by atoms with Gasteiger partial charge in [0.15, 0.2) is 0 Å². The van der Waals surface area contributed by atoms with Gasteiger partial charge >= 0.3 is 0 Å². The summed E-state index contributed by atoms with van der Waals surface area (Å²) in [6.45, 7) is 4.77. The number of hydrogen-bond donors (Lipinski definition) is 1. The number of benzene rings is 1. The van der Waals surface area contributed by atoms with Crippen molar-refractivity contribution in [2.24, 2.45) is 0 Å². The summed E-state index contributed by atoms with van der Waals surface area (Å²) < 4.78 is 18.7. The van der Waals surface area contributed by atoms with E-state index in [1.807, 2.05) is 12.1 Å². The van der Waals surface area contributed by atoms with Crippen molar-refractivity contribution in [3.05, 3.63) is 35.6 Å². The topological polar surface area (TPSA) is 24.5 Å². The molecule has 1 N–H and O–H groups in total. The van der Waals surface area contributed by atoms with E-state index in [9.17, 15) is 4.39 Å². The molecule has 19 heavy (non-hydrogen) atoms. The first-order valence-electron chi connectivity index (χ1n) is 7.12. The van der Waals surface area contributed by atoms with Crippen molar-refractivity contribution in [3.63, 3.8) is 0 Å². The molecule has 2 fully saturated rings. The third kappa shape index (κ3) is 3.32. The first kappa shape index (κ1) is 13.0. The van der Waals surface area contributed by atoms with Gasteiger partial charge in [0.05, 0.1) is 12.7 Å². The van der Waals surface area contributed by atoms with E-state index in [1.165, 1.54) is 31.5 Å². The van der Waals surface area contributed by atoms with Gasteiger partial charge < -0.3 is 10.1 Å². The van der Waals surface area contributed by atoms with Gasteiger partial charge in [-0.25, -0.2) is 4.39 Å². The van der Waals surface area contributed by atoms with E-state index < -0.39 is 0 Å². The predicted molar refractivity (Wildman–Crippen MR) is 72.4 cm³/mol. The Morgan fingerprint density at radius 3 is 3.00 bits per heavy atom. The van der Waals surface area contributed by atoms with Crippen LogP contribution in [0.1, 0.15) is 18.4 Å². The summed E-state index contributed by atoms with van der Waals surface area (Å²) in [5.41, 5.74) is 1.11. The van der Waals surface area contributed by atoms with Gasteiger partial charge in [0.25, 0.3) is 0 Å². The molecule has 0 bridgehead atoms. The fourth-order valence-corrected chi connectivity index (χ4v) is 2.99. The van der Waals surface area contributed by atoms with Crippen LogP contribution in [0.25, 0.3) is 0 Å². The van der Waals surface area contributed by atoms with Crippen molar-refractivity contribution in [2.75, 3.05) is 26.2 Å². The van der Waals surface area contributed by atoms with Crippen LogP contribution < -0.4 is 5.32 Å². The van der Waals surface area contributed by atoms with Gasteiger partial charge in [0.2, 0.25) is 0 Å². The van der Waals surface area contributed by atoms with Gasteiger partial charge in [-0.05, 0) is 37.1 Å². The molecule has 0 radical (unpaired) electrons. The van der Waals surface area contributed by atoms with Crippen molar-refractivity contribution in [3.8, 4) is 0 Å². The number of fused-ring (bicyclic) bond motifs is 1. The van der Waals surface area contributed by atoms with Crippen LogP contribution in [0.15, 0.2) is 24.3 Å². The molecule has 3 nitrogen and oxygen atoms in total. The minimum atomic E-state index is -0.181. The van der Waals surface area contributed by atoms with Gasteiger partial charge in [0, 0.05) is 25.7 Å². The summed E-state index contributed by atoms with van der Waals surface area (Å²) in [5, 5.41) is 3.40. The van der Waals surface area contributed by atoms with Gasteiger partial charge in [0.1, 0.15) is 5.82 Å². The Kier molecular flexibility index (Phi) is 4.11. The second kappa shape index (κ2) is 5.99. The third-order valence-corrected chi connectivity index (χ3v) is 4.08. The molecule has 3 rings (SSSR count). The average Bonchev–Trinajstić information content (AvgIpc) is 2.88. The molecule has 4 heteroatoms. The summed E-state index contributed by atoms with van der Waals surface area (Å²) in [7, 11) is 0. The average molecular weight is 264 g/mol. The summed E-state index contributed by atoms with van der Waals surface area (Å²) in [4.78, 5) is 2.55. The predicted octanol–water partition coefficient (Wildman–Crippen LogP) is 1.78. The number of nitrogens with one attached hydrogen (secondary N) is 1. The molecule has 2 heterocycles. The Labute approximate surface area is 113 Å². The summed E-state index contributed by atoms with van der Waals surface area (Å²) in [6, 6.07) is 7.31. The Balaban J connectivity index is 1.41. The lowest BCUT2D eigenvalue weighted by Crippen LogP contribution is -2.49. The zero-order valence-electron chi connectivity index (χ0n) is 11.1. The molecule has 2 aliphatic rings. The lowest BCUT2D eigenvalue weighted by Gasteiger charge is -2.35. The summed E-state index contributed by atoms with van der Waals surface area (Å²) >= 11 is 0. The minimum Gasteiger partial charge on any atom is -0.374 e. The van der Waals surface area contributed by atoms with Gasteiger partial charge in [-0.3, -0.25) is 4.90 Å². The maximum absolute atomic E-state index is 12.8. The molecule has 0 aliphatic carbocycles. The van der Waals surface area contributed by atoms with Crippen molar-refractivity contribution < 1.29 is 9.13 Å². The van der Waals surface area contributed by atoms with E-state index in [4.69, 9.17) is 4.74 Å². The molecule has 0 saturated carbocycles. The van der Waals surface area contributed by atoms with Crippen LogP contribution in [-0.2, 0) is 11.3 Å². The SMILES string of the molecule is Fc1ccc(CNCC2CN3CCCC3CO2)cc1. The lowest BCUT2D eigenvalue weighted by atomic mass is 10.2. The van der Waals surface area contributed by atoms with Gasteiger partial charge in [-0.15, -0.1) is 0 Å². The molecule has 2 aliphatic heterocycles. The van der Waals surface area contributed by atoms with Crippen LogP contribution in [0.4, 0.5) is 4.39 Å². The molecule has 0 spiro atoms. The highest BCUT2D eigenvalue weighted by Gasteiger charge is 2.31. The lowest BCUT2D eigenvalue weighted by molar-refractivity contribution is -0.0470. The monoisotopic (exact) mass is 264 g/mol. The van der Waals surface area contributed by atoms with E-state index in [0.717, 1.165) is 31.8 Å². The second-order valence-electron chi connectivity index (χ2n) is 5.50. The van der Waals surface area contributed by atoms with Gasteiger partial charge in [-0.2, -0.15) is 0 Å². The highest BCUT2D eigenvalue weighted by atomic mass is 19.1. The number of nitrogens with zero attached hydrogens (tertiary/aromatic N) is 1. The van der Waals surface area contributed by atoms with E-state index in [0.29, 0.717) is 6.04 Å². The van der Waals surface area contributed by atoms with E-state index in [2.05, 4.69) is 10.2 Å². The highest BCUT2D eigenvalue weighted by Crippen LogP contribution is 2.22. The molecule has 1 aromatic carbocycles. The molecule has 2 atom stereocenters.